The van der Waals surface area contributed by atoms with E-state index in [1.165, 1.54) is 11.3 Å². The lowest BCUT2D eigenvalue weighted by atomic mass is 10.2. The van der Waals surface area contributed by atoms with E-state index >= 15 is 0 Å². The van der Waals surface area contributed by atoms with Crippen LogP contribution in [0.25, 0.3) is 0 Å². The molecule has 0 saturated carbocycles. The predicted octanol–water partition coefficient (Wildman–Crippen LogP) is 2.83. The molecule has 0 saturated heterocycles. The zero-order valence-corrected chi connectivity index (χ0v) is 10.4. The Balaban J connectivity index is 2.13. The summed E-state index contributed by atoms with van der Waals surface area (Å²) in [5, 5.41) is 11.0. The predicted molar refractivity (Wildman–Crippen MR) is 66.9 cm³/mol. The smallest absolute Gasteiger partial charge is 0.172 e. The van der Waals surface area contributed by atoms with Gasteiger partial charge in [0.1, 0.15) is 0 Å². The van der Waals surface area contributed by atoms with Crippen molar-refractivity contribution in [2.75, 3.05) is 12.4 Å². The lowest BCUT2D eigenvalue weighted by molar-refractivity contribution is 0.0986. The first-order valence-corrected chi connectivity index (χ1v) is 6.96. The van der Waals surface area contributed by atoms with Crippen molar-refractivity contribution in [3.8, 4) is 0 Å². The summed E-state index contributed by atoms with van der Waals surface area (Å²) in [5.74, 6) is 1.18. The third-order valence-corrected chi connectivity index (χ3v) is 4.16. The Hall–Kier alpha value is -0.320. The van der Waals surface area contributed by atoms with Crippen LogP contribution in [0.1, 0.15) is 29.4 Å². The summed E-state index contributed by atoms with van der Waals surface area (Å²) >= 11 is 3.22. The van der Waals surface area contributed by atoms with Gasteiger partial charge in [-0.3, -0.25) is 4.79 Å². The number of Topliss-reactive ketones (excluding diaryl/α,β-unsaturated/α-hetero) is 1. The molecule has 0 aliphatic carbocycles. The van der Waals surface area contributed by atoms with Crippen LogP contribution in [0, 0.1) is 0 Å². The lowest BCUT2D eigenvalue weighted by Crippen LogP contribution is -2.04. The van der Waals surface area contributed by atoms with Gasteiger partial charge < -0.3 is 5.11 Å². The van der Waals surface area contributed by atoms with Crippen LogP contribution in [0.4, 0.5) is 0 Å². The van der Waals surface area contributed by atoms with Crippen molar-refractivity contribution < 1.29 is 9.90 Å². The molecule has 84 valence electrons. The van der Waals surface area contributed by atoms with Gasteiger partial charge in [0.2, 0.25) is 0 Å². The first-order chi connectivity index (χ1) is 7.24. The van der Waals surface area contributed by atoms with Crippen LogP contribution in [0.5, 0.6) is 0 Å². The summed E-state index contributed by atoms with van der Waals surface area (Å²) in [5.41, 5.74) is 0. The number of thioether (sulfide) groups is 1. The van der Waals surface area contributed by atoms with Crippen LogP contribution in [0.15, 0.2) is 17.5 Å². The summed E-state index contributed by atoms with van der Waals surface area (Å²) in [7, 11) is 0. The Kier molecular flexibility index (Phi) is 5.98. The second kappa shape index (κ2) is 7.04. The molecule has 1 unspecified atom stereocenters. The normalized spacial score (nSPS) is 12.7. The fourth-order valence-electron chi connectivity index (χ4n) is 1.13. The standard InChI is InChI=1S/C11H16O2S2/c1-9(8-12)14-6-2-4-10(13)11-5-3-7-15-11/h3,5,7,9,12H,2,4,6,8H2,1H3. The number of ketones is 1. The molecule has 0 aliphatic rings. The molecule has 0 radical (unpaired) electrons. The van der Waals surface area contributed by atoms with Gasteiger partial charge in [0.25, 0.3) is 0 Å². The van der Waals surface area contributed by atoms with E-state index < -0.39 is 0 Å². The first-order valence-electron chi connectivity index (χ1n) is 5.03. The zero-order valence-electron chi connectivity index (χ0n) is 8.81. The minimum atomic E-state index is 0.212. The van der Waals surface area contributed by atoms with Crippen LogP contribution in [0.2, 0.25) is 0 Å². The van der Waals surface area contributed by atoms with Crippen molar-refractivity contribution in [3.63, 3.8) is 0 Å². The molecule has 2 nitrogen and oxygen atoms in total. The molecule has 15 heavy (non-hydrogen) atoms. The minimum absolute atomic E-state index is 0.212. The van der Waals surface area contributed by atoms with E-state index in [4.69, 9.17) is 5.11 Å². The van der Waals surface area contributed by atoms with E-state index in [9.17, 15) is 4.79 Å². The molecule has 1 rings (SSSR count). The number of rotatable bonds is 7. The van der Waals surface area contributed by atoms with Crippen molar-refractivity contribution in [1.29, 1.82) is 0 Å². The number of hydrogen-bond acceptors (Lipinski definition) is 4. The molecular weight excluding hydrogens is 228 g/mol. The largest absolute Gasteiger partial charge is 0.395 e. The average molecular weight is 244 g/mol. The molecule has 0 amide bonds. The van der Waals surface area contributed by atoms with Gasteiger partial charge in [-0.2, -0.15) is 11.8 Å². The lowest BCUT2D eigenvalue weighted by Gasteiger charge is -2.06. The number of carbonyl (C=O) groups excluding carboxylic acids is 1. The van der Waals surface area contributed by atoms with Crippen LogP contribution in [-0.2, 0) is 0 Å². The van der Waals surface area contributed by atoms with Gasteiger partial charge in [0, 0.05) is 11.7 Å². The average Bonchev–Trinajstić information content (AvgIpc) is 2.77. The van der Waals surface area contributed by atoms with Crippen molar-refractivity contribution in [2.45, 2.75) is 25.0 Å². The third-order valence-electron chi connectivity index (χ3n) is 2.00. The van der Waals surface area contributed by atoms with E-state index in [1.807, 2.05) is 24.4 Å². The van der Waals surface area contributed by atoms with Gasteiger partial charge in [-0.15, -0.1) is 11.3 Å². The topological polar surface area (TPSA) is 37.3 Å². The van der Waals surface area contributed by atoms with Crippen molar-refractivity contribution >= 4 is 28.9 Å². The van der Waals surface area contributed by atoms with Gasteiger partial charge >= 0.3 is 0 Å². The summed E-state index contributed by atoms with van der Waals surface area (Å²) in [6, 6.07) is 3.77. The maximum atomic E-state index is 11.6. The molecule has 0 fully saturated rings. The highest BCUT2D eigenvalue weighted by Crippen LogP contribution is 2.15. The molecule has 1 heterocycles. The van der Waals surface area contributed by atoms with Crippen LogP contribution >= 0.6 is 23.1 Å². The van der Waals surface area contributed by atoms with Crippen LogP contribution in [0.3, 0.4) is 0 Å². The second-order valence-electron chi connectivity index (χ2n) is 3.37. The van der Waals surface area contributed by atoms with Gasteiger partial charge in [0.05, 0.1) is 11.5 Å². The Bertz CT molecular complexity index is 283. The molecular formula is C11H16O2S2. The van der Waals surface area contributed by atoms with E-state index in [0.717, 1.165) is 17.1 Å². The SMILES string of the molecule is CC(CO)SCCCC(=O)c1cccs1. The van der Waals surface area contributed by atoms with Gasteiger partial charge in [0.15, 0.2) is 5.78 Å². The maximum Gasteiger partial charge on any atom is 0.172 e. The summed E-state index contributed by atoms with van der Waals surface area (Å²) in [6.07, 6.45) is 1.51. The van der Waals surface area contributed by atoms with Crippen LogP contribution in [-0.4, -0.2) is 28.5 Å². The molecule has 1 aromatic rings. The molecule has 0 aromatic carbocycles. The highest BCUT2D eigenvalue weighted by Gasteiger charge is 2.06. The number of carbonyl (C=O) groups is 1. The first kappa shape index (κ1) is 12.7. The fraction of sp³-hybridized carbons (Fsp3) is 0.545. The van der Waals surface area contributed by atoms with Crippen molar-refractivity contribution in [2.24, 2.45) is 0 Å². The number of aliphatic hydroxyl groups is 1. The highest BCUT2D eigenvalue weighted by atomic mass is 32.2. The molecule has 1 N–H and O–H groups in total. The monoisotopic (exact) mass is 244 g/mol. The van der Waals surface area contributed by atoms with E-state index in [1.54, 1.807) is 11.8 Å². The van der Waals surface area contributed by atoms with Gasteiger partial charge in [-0.25, -0.2) is 0 Å². The molecule has 1 atom stereocenters. The molecule has 0 spiro atoms. The second-order valence-corrected chi connectivity index (χ2v) is 5.86. The summed E-state index contributed by atoms with van der Waals surface area (Å²) < 4.78 is 0. The Morgan fingerprint density at radius 1 is 1.67 bits per heavy atom. The minimum Gasteiger partial charge on any atom is -0.395 e. The third kappa shape index (κ3) is 4.82. The molecule has 4 heteroatoms. The zero-order chi connectivity index (χ0) is 11.1. The maximum absolute atomic E-state index is 11.6. The van der Waals surface area contributed by atoms with Crippen molar-refractivity contribution in [1.82, 2.24) is 0 Å². The van der Waals surface area contributed by atoms with E-state index in [-0.39, 0.29) is 17.6 Å². The number of thiophene rings is 1. The summed E-state index contributed by atoms with van der Waals surface area (Å²) in [6.45, 7) is 2.20. The fourth-order valence-corrected chi connectivity index (χ4v) is 2.64. The quantitative estimate of drug-likeness (QED) is 0.592. The summed E-state index contributed by atoms with van der Waals surface area (Å²) in [4.78, 5) is 12.4. The highest BCUT2D eigenvalue weighted by molar-refractivity contribution is 7.99. The number of hydrogen-bond donors (Lipinski definition) is 1. The Labute approximate surface area is 98.7 Å². The Morgan fingerprint density at radius 2 is 2.47 bits per heavy atom. The van der Waals surface area contributed by atoms with Gasteiger partial charge in [-0.05, 0) is 23.6 Å². The van der Waals surface area contributed by atoms with Gasteiger partial charge in [-0.1, -0.05) is 13.0 Å². The van der Waals surface area contributed by atoms with Crippen LogP contribution < -0.4 is 0 Å². The molecule has 0 bridgehead atoms. The molecule has 0 aliphatic heterocycles. The van der Waals surface area contributed by atoms with Crippen molar-refractivity contribution in [3.05, 3.63) is 22.4 Å². The molecule has 1 aromatic heterocycles. The Morgan fingerprint density at radius 3 is 3.07 bits per heavy atom. The van der Waals surface area contributed by atoms with E-state index in [0.29, 0.717) is 6.42 Å². The number of aliphatic hydroxyl groups excluding tert-OH is 1. The van der Waals surface area contributed by atoms with E-state index in [2.05, 4.69) is 0 Å².